The standard InChI is InChI=1S/C24H34N6O/c1-4-5-21-22(7-6-20(18-25)23(21)26-2)30-11-8-19(9-12-30)24(31)27-10-13-29-16-14-28(3)15-17-29/h4-7,19H,2,8-17H2,1,3H3,(H,27,31)/b5-4-. The van der Waals surface area contributed by atoms with Crippen molar-refractivity contribution in [3.63, 3.8) is 0 Å². The Morgan fingerprint density at radius 1 is 1.26 bits per heavy atom. The van der Waals surface area contributed by atoms with Crippen LogP contribution in [0.1, 0.15) is 30.9 Å². The van der Waals surface area contributed by atoms with Crippen LogP contribution in [0.4, 0.5) is 11.4 Å². The quantitative estimate of drug-likeness (QED) is 0.684. The molecule has 2 aliphatic rings. The topological polar surface area (TPSA) is 75.0 Å². The minimum Gasteiger partial charge on any atom is -0.371 e. The average molecular weight is 423 g/mol. The molecule has 1 amide bonds. The number of hydrogen-bond donors (Lipinski definition) is 1. The van der Waals surface area contributed by atoms with Crippen molar-refractivity contribution in [2.75, 3.05) is 64.3 Å². The largest absolute Gasteiger partial charge is 0.371 e. The molecular weight excluding hydrogens is 388 g/mol. The molecule has 0 atom stereocenters. The highest BCUT2D eigenvalue weighted by molar-refractivity contribution is 5.82. The number of rotatable bonds is 7. The second-order valence-electron chi connectivity index (χ2n) is 8.36. The van der Waals surface area contributed by atoms with Gasteiger partial charge in [0.1, 0.15) is 6.07 Å². The number of nitrogens with one attached hydrogen (secondary N) is 1. The van der Waals surface area contributed by atoms with Crippen molar-refractivity contribution in [1.29, 1.82) is 5.26 Å². The number of hydrogen-bond acceptors (Lipinski definition) is 6. The summed E-state index contributed by atoms with van der Waals surface area (Å²) in [5.41, 5.74) is 3.13. The van der Waals surface area contributed by atoms with Gasteiger partial charge in [0.25, 0.3) is 0 Å². The maximum atomic E-state index is 12.7. The molecule has 7 heteroatoms. The van der Waals surface area contributed by atoms with Gasteiger partial charge in [-0.3, -0.25) is 14.7 Å². The Morgan fingerprint density at radius 2 is 1.97 bits per heavy atom. The number of carbonyl (C=O) groups excluding carboxylic acids is 1. The highest BCUT2D eigenvalue weighted by Gasteiger charge is 2.26. The first-order chi connectivity index (χ1) is 15.1. The third kappa shape index (κ3) is 5.72. The zero-order chi connectivity index (χ0) is 22.2. The number of benzene rings is 1. The van der Waals surface area contributed by atoms with Crippen LogP contribution in [0.25, 0.3) is 6.08 Å². The second-order valence-corrected chi connectivity index (χ2v) is 8.36. The molecule has 2 heterocycles. The first-order valence-corrected chi connectivity index (χ1v) is 11.2. The molecule has 1 aromatic carbocycles. The van der Waals surface area contributed by atoms with Crippen LogP contribution >= 0.6 is 0 Å². The van der Waals surface area contributed by atoms with Crippen molar-refractivity contribution in [3.05, 3.63) is 29.3 Å². The summed E-state index contributed by atoms with van der Waals surface area (Å²) >= 11 is 0. The minimum atomic E-state index is 0.0595. The number of nitrogens with zero attached hydrogens (tertiary/aromatic N) is 5. The van der Waals surface area contributed by atoms with E-state index in [1.807, 2.05) is 31.2 Å². The van der Waals surface area contributed by atoms with Crippen molar-refractivity contribution in [1.82, 2.24) is 15.1 Å². The van der Waals surface area contributed by atoms with Gasteiger partial charge in [0.2, 0.25) is 5.91 Å². The molecule has 1 N–H and O–H groups in total. The molecule has 0 aliphatic carbocycles. The molecule has 2 aliphatic heterocycles. The molecule has 31 heavy (non-hydrogen) atoms. The third-order valence-corrected chi connectivity index (χ3v) is 6.34. The van der Waals surface area contributed by atoms with E-state index < -0.39 is 0 Å². The van der Waals surface area contributed by atoms with Gasteiger partial charge in [-0.1, -0.05) is 12.2 Å². The van der Waals surface area contributed by atoms with Crippen LogP contribution in [0.2, 0.25) is 0 Å². The fourth-order valence-electron chi connectivity index (χ4n) is 4.40. The van der Waals surface area contributed by atoms with Gasteiger partial charge in [0, 0.05) is 69.5 Å². The van der Waals surface area contributed by atoms with E-state index in [1.165, 1.54) is 0 Å². The lowest BCUT2D eigenvalue weighted by Crippen LogP contribution is -2.48. The Hall–Kier alpha value is -2.69. The molecule has 2 fully saturated rings. The Bertz CT molecular complexity index is 842. The number of piperidine rings is 1. The molecule has 7 nitrogen and oxygen atoms in total. The SMILES string of the molecule is C=Nc1c(C#N)ccc(N2CCC(C(=O)NCCN3CCN(C)CC3)CC2)c1/C=C\C. The van der Waals surface area contributed by atoms with Crippen LogP contribution in [-0.4, -0.2) is 81.8 Å². The lowest BCUT2D eigenvalue weighted by molar-refractivity contribution is -0.125. The molecule has 0 aromatic heterocycles. The summed E-state index contributed by atoms with van der Waals surface area (Å²) < 4.78 is 0. The van der Waals surface area contributed by atoms with Crippen LogP contribution in [0.3, 0.4) is 0 Å². The van der Waals surface area contributed by atoms with Gasteiger partial charge >= 0.3 is 0 Å². The number of allylic oxidation sites excluding steroid dienone is 1. The van der Waals surface area contributed by atoms with E-state index in [2.05, 4.69) is 44.8 Å². The molecule has 0 radical (unpaired) electrons. The van der Waals surface area contributed by atoms with Gasteiger partial charge in [-0.2, -0.15) is 5.26 Å². The average Bonchev–Trinajstić information content (AvgIpc) is 2.80. The lowest BCUT2D eigenvalue weighted by atomic mass is 9.94. The molecule has 1 aromatic rings. The number of likely N-dealkylation sites (N-methyl/N-ethyl adjacent to an activating group) is 1. The second kappa shape index (κ2) is 11.1. The van der Waals surface area contributed by atoms with Crippen molar-refractivity contribution in [2.24, 2.45) is 10.9 Å². The maximum absolute atomic E-state index is 12.7. The van der Waals surface area contributed by atoms with Gasteiger partial charge in [-0.05, 0) is 45.7 Å². The number of nitriles is 1. The van der Waals surface area contributed by atoms with Gasteiger partial charge in [0.05, 0.1) is 11.3 Å². The number of amides is 1. The fraction of sp³-hybridized carbons (Fsp3) is 0.542. The Balaban J connectivity index is 1.54. The van der Waals surface area contributed by atoms with E-state index in [-0.39, 0.29) is 11.8 Å². The predicted octanol–water partition coefficient (Wildman–Crippen LogP) is 2.50. The summed E-state index contributed by atoms with van der Waals surface area (Å²) in [6.07, 6.45) is 5.59. The van der Waals surface area contributed by atoms with Gasteiger partial charge in [-0.25, -0.2) is 0 Å². The van der Waals surface area contributed by atoms with E-state index >= 15 is 0 Å². The summed E-state index contributed by atoms with van der Waals surface area (Å²) in [6, 6.07) is 5.99. The van der Waals surface area contributed by atoms with Crippen LogP contribution in [0, 0.1) is 17.2 Å². The maximum Gasteiger partial charge on any atom is 0.223 e. The van der Waals surface area contributed by atoms with Gasteiger partial charge < -0.3 is 15.1 Å². The molecule has 0 unspecified atom stereocenters. The van der Waals surface area contributed by atoms with E-state index in [0.717, 1.165) is 76.5 Å². The van der Waals surface area contributed by atoms with Crippen LogP contribution in [-0.2, 0) is 4.79 Å². The van der Waals surface area contributed by atoms with Gasteiger partial charge in [-0.15, -0.1) is 0 Å². The molecule has 0 spiro atoms. The summed E-state index contributed by atoms with van der Waals surface area (Å²) in [5, 5.41) is 12.5. The summed E-state index contributed by atoms with van der Waals surface area (Å²) in [6.45, 7) is 13.2. The lowest BCUT2D eigenvalue weighted by Gasteiger charge is -2.35. The van der Waals surface area contributed by atoms with Crippen molar-refractivity contribution in [3.8, 4) is 6.07 Å². The van der Waals surface area contributed by atoms with Crippen molar-refractivity contribution < 1.29 is 4.79 Å². The first kappa shape index (κ1) is 23.0. The van der Waals surface area contributed by atoms with E-state index in [4.69, 9.17) is 0 Å². The summed E-state index contributed by atoms with van der Waals surface area (Å²) in [5.74, 6) is 0.236. The number of anilines is 1. The minimum absolute atomic E-state index is 0.0595. The summed E-state index contributed by atoms with van der Waals surface area (Å²) in [7, 11) is 2.15. The molecule has 3 rings (SSSR count). The third-order valence-electron chi connectivity index (χ3n) is 6.34. The highest BCUT2D eigenvalue weighted by atomic mass is 16.1. The smallest absolute Gasteiger partial charge is 0.223 e. The number of aliphatic imine (C=N–C) groups is 1. The fourth-order valence-corrected chi connectivity index (χ4v) is 4.40. The first-order valence-electron chi connectivity index (χ1n) is 11.2. The Labute approximate surface area is 186 Å². The van der Waals surface area contributed by atoms with Gasteiger partial charge in [0.15, 0.2) is 0 Å². The molecular formula is C24H34N6O. The number of piperazine rings is 1. The van der Waals surface area contributed by atoms with Crippen molar-refractivity contribution in [2.45, 2.75) is 19.8 Å². The van der Waals surface area contributed by atoms with Crippen molar-refractivity contribution >= 4 is 30.1 Å². The molecule has 0 bridgehead atoms. The zero-order valence-electron chi connectivity index (χ0n) is 18.8. The van der Waals surface area contributed by atoms with E-state index in [1.54, 1.807) is 0 Å². The Morgan fingerprint density at radius 3 is 2.58 bits per heavy atom. The predicted molar refractivity (Wildman–Crippen MR) is 127 cm³/mol. The van der Waals surface area contributed by atoms with Crippen LogP contribution in [0.5, 0.6) is 0 Å². The molecule has 0 saturated carbocycles. The van der Waals surface area contributed by atoms with Crippen LogP contribution in [0.15, 0.2) is 23.2 Å². The highest BCUT2D eigenvalue weighted by Crippen LogP contribution is 2.35. The Kier molecular flexibility index (Phi) is 8.21. The van der Waals surface area contributed by atoms with Crippen LogP contribution < -0.4 is 10.2 Å². The summed E-state index contributed by atoms with van der Waals surface area (Å²) in [4.78, 5) is 23.8. The normalized spacial score (nSPS) is 18.8. The number of carbonyl (C=O) groups is 1. The molecule has 166 valence electrons. The monoisotopic (exact) mass is 422 g/mol. The van der Waals surface area contributed by atoms with E-state index in [9.17, 15) is 10.1 Å². The molecule has 2 saturated heterocycles. The van der Waals surface area contributed by atoms with E-state index in [0.29, 0.717) is 11.3 Å². The zero-order valence-corrected chi connectivity index (χ0v) is 18.8.